The van der Waals surface area contributed by atoms with Crippen LogP contribution >= 0.6 is 11.8 Å². The smallest absolute Gasteiger partial charge is 0.320 e. The standard InChI is InChI=1S/C29H37F2N5OS/c1-29(2,3)26(36(13-7-12-32)28(37)34-14-16-38-17-15-34)27-33-25(23-18-22(30)10-11-24(23)31)20-35(27)19-21-8-5-4-6-9-21/h4-6,8-11,18,20,26H,7,12-17,19,32H2,1-3H3/t26-/m0/s1. The summed E-state index contributed by atoms with van der Waals surface area (Å²) in [5, 5.41) is 0. The molecule has 1 aliphatic rings. The fraction of sp³-hybridized carbons (Fsp3) is 0.448. The maximum Gasteiger partial charge on any atom is 0.320 e. The van der Waals surface area contributed by atoms with Crippen molar-refractivity contribution in [3.8, 4) is 11.3 Å². The molecule has 1 aromatic heterocycles. The van der Waals surface area contributed by atoms with Crippen molar-refractivity contribution in [1.29, 1.82) is 0 Å². The van der Waals surface area contributed by atoms with Gasteiger partial charge in [0.05, 0.1) is 11.7 Å². The summed E-state index contributed by atoms with van der Waals surface area (Å²) in [4.78, 5) is 22.7. The fourth-order valence-electron chi connectivity index (χ4n) is 4.91. The molecule has 0 unspecified atom stereocenters. The molecule has 0 spiro atoms. The molecule has 38 heavy (non-hydrogen) atoms. The van der Waals surface area contributed by atoms with E-state index in [-0.39, 0.29) is 11.6 Å². The van der Waals surface area contributed by atoms with E-state index < -0.39 is 23.1 Å². The minimum Gasteiger partial charge on any atom is -0.330 e. The number of urea groups is 1. The van der Waals surface area contributed by atoms with Gasteiger partial charge in [-0.25, -0.2) is 18.6 Å². The van der Waals surface area contributed by atoms with Gasteiger partial charge in [-0.1, -0.05) is 51.1 Å². The first-order chi connectivity index (χ1) is 18.2. The van der Waals surface area contributed by atoms with Crippen LogP contribution in [0.25, 0.3) is 11.3 Å². The second-order valence-electron chi connectivity index (χ2n) is 10.7. The number of carbonyl (C=O) groups excluding carboxylic acids is 1. The van der Waals surface area contributed by atoms with E-state index in [1.807, 2.05) is 56.5 Å². The molecule has 3 aromatic rings. The molecule has 9 heteroatoms. The number of hydrogen-bond donors (Lipinski definition) is 1. The first-order valence-corrected chi connectivity index (χ1v) is 14.2. The van der Waals surface area contributed by atoms with Gasteiger partial charge in [0.1, 0.15) is 17.5 Å². The molecule has 0 radical (unpaired) electrons. The molecule has 2 aromatic carbocycles. The molecule has 0 saturated carbocycles. The molecular weight excluding hydrogens is 504 g/mol. The first-order valence-electron chi connectivity index (χ1n) is 13.1. The van der Waals surface area contributed by atoms with Crippen LogP contribution in [0.5, 0.6) is 0 Å². The number of nitrogens with zero attached hydrogens (tertiary/aromatic N) is 4. The lowest BCUT2D eigenvalue weighted by Gasteiger charge is -2.42. The van der Waals surface area contributed by atoms with Crippen molar-refractivity contribution in [3.05, 3.63) is 77.8 Å². The quantitative estimate of drug-likeness (QED) is 0.392. The Morgan fingerprint density at radius 1 is 1.13 bits per heavy atom. The van der Waals surface area contributed by atoms with Crippen molar-refractivity contribution in [2.45, 2.75) is 39.8 Å². The maximum absolute atomic E-state index is 14.9. The van der Waals surface area contributed by atoms with E-state index in [0.717, 1.165) is 29.2 Å². The van der Waals surface area contributed by atoms with Crippen LogP contribution in [-0.2, 0) is 6.54 Å². The molecule has 0 aliphatic carbocycles. The number of amides is 2. The second-order valence-corrected chi connectivity index (χ2v) is 11.9. The number of aromatic nitrogens is 2. The van der Waals surface area contributed by atoms with E-state index in [4.69, 9.17) is 10.7 Å². The SMILES string of the molecule is CC(C)(C)[C@H](c1nc(-c2cc(F)ccc2F)cn1Cc1ccccc1)N(CCCN)C(=O)N1CCSCC1. The number of hydrogen-bond acceptors (Lipinski definition) is 4. The van der Waals surface area contributed by atoms with Gasteiger partial charge in [0, 0.05) is 49.4 Å². The maximum atomic E-state index is 14.9. The molecule has 1 aliphatic heterocycles. The van der Waals surface area contributed by atoms with Crippen LogP contribution in [0.4, 0.5) is 13.6 Å². The zero-order valence-corrected chi connectivity index (χ0v) is 23.2. The van der Waals surface area contributed by atoms with Gasteiger partial charge in [0.15, 0.2) is 0 Å². The normalized spacial score (nSPS) is 14.9. The van der Waals surface area contributed by atoms with Crippen molar-refractivity contribution < 1.29 is 13.6 Å². The number of carbonyl (C=O) groups is 1. The summed E-state index contributed by atoms with van der Waals surface area (Å²) < 4.78 is 31.0. The minimum absolute atomic E-state index is 0.0357. The van der Waals surface area contributed by atoms with E-state index >= 15 is 0 Å². The Hall–Kier alpha value is -2.91. The Kier molecular flexibility index (Phi) is 9.10. The lowest BCUT2D eigenvalue weighted by atomic mass is 9.84. The number of halogens is 2. The predicted octanol–water partition coefficient (Wildman–Crippen LogP) is 5.78. The molecule has 2 heterocycles. The average molecular weight is 542 g/mol. The van der Waals surface area contributed by atoms with Crippen molar-refractivity contribution in [2.75, 3.05) is 37.7 Å². The third-order valence-corrected chi connectivity index (χ3v) is 7.66. The average Bonchev–Trinajstić information content (AvgIpc) is 3.30. The second kappa shape index (κ2) is 12.3. The monoisotopic (exact) mass is 541 g/mol. The van der Waals surface area contributed by atoms with Gasteiger partial charge >= 0.3 is 6.03 Å². The third kappa shape index (κ3) is 6.56. The van der Waals surface area contributed by atoms with Gasteiger partial charge in [0.25, 0.3) is 0 Å². The highest BCUT2D eigenvalue weighted by Crippen LogP contribution is 2.40. The molecule has 6 nitrogen and oxygen atoms in total. The van der Waals surface area contributed by atoms with Gasteiger partial charge in [-0.05, 0) is 42.1 Å². The summed E-state index contributed by atoms with van der Waals surface area (Å²) in [5.74, 6) is 1.37. The molecular formula is C29H37F2N5OS. The van der Waals surface area contributed by atoms with Crippen LogP contribution in [0, 0.1) is 17.0 Å². The largest absolute Gasteiger partial charge is 0.330 e. The van der Waals surface area contributed by atoms with Crippen LogP contribution in [0.1, 0.15) is 44.6 Å². The summed E-state index contributed by atoms with van der Waals surface area (Å²) in [7, 11) is 0. The highest BCUT2D eigenvalue weighted by atomic mass is 32.2. The van der Waals surface area contributed by atoms with Crippen molar-refractivity contribution in [1.82, 2.24) is 19.4 Å². The summed E-state index contributed by atoms with van der Waals surface area (Å²) in [6.45, 7) is 9.03. The van der Waals surface area contributed by atoms with Gasteiger partial charge in [0.2, 0.25) is 0 Å². The summed E-state index contributed by atoms with van der Waals surface area (Å²) >= 11 is 1.85. The van der Waals surface area contributed by atoms with E-state index in [1.165, 1.54) is 6.07 Å². The predicted molar refractivity (Wildman–Crippen MR) is 150 cm³/mol. The molecule has 4 rings (SSSR count). The third-order valence-electron chi connectivity index (χ3n) is 6.71. The van der Waals surface area contributed by atoms with E-state index in [1.54, 1.807) is 6.20 Å². The van der Waals surface area contributed by atoms with Gasteiger partial charge in [-0.3, -0.25) is 0 Å². The Balaban J connectivity index is 1.85. The van der Waals surface area contributed by atoms with Crippen LogP contribution in [0.3, 0.4) is 0 Å². The summed E-state index contributed by atoms with van der Waals surface area (Å²) in [6.07, 6.45) is 2.41. The molecule has 1 atom stereocenters. The number of imidazole rings is 1. The lowest BCUT2D eigenvalue weighted by Crippen LogP contribution is -2.51. The van der Waals surface area contributed by atoms with E-state index in [0.29, 0.717) is 50.7 Å². The zero-order valence-electron chi connectivity index (χ0n) is 22.4. The fourth-order valence-corrected chi connectivity index (χ4v) is 5.81. The molecule has 2 N–H and O–H groups in total. The Labute approximate surface area is 228 Å². The van der Waals surface area contributed by atoms with Crippen LogP contribution < -0.4 is 5.73 Å². The number of rotatable bonds is 8. The highest BCUT2D eigenvalue weighted by Gasteiger charge is 2.40. The molecule has 2 amide bonds. The van der Waals surface area contributed by atoms with Crippen LogP contribution in [0.15, 0.2) is 54.7 Å². The van der Waals surface area contributed by atoms with Crippen LogP contribution in [0.2, 0.25) is 0 Å². The highest BCUT2D eigenvalue weighted by molar-refractivity contribution is 7.99. The Morgan fingerprint density at radius 3 is 2.50 bits per heavy atom. The summed E-state index contributed by atoms with van der Waals surface area (Å²) in [5.41, 5.74) is 6.95. The molecule has 1 fully saturated rings. The Morgan fingerprint density at radius 2 is 1.84 bits per heavy atom. The summed E-state index contributed by atoms with van der Waals surface area (Å²) in [6, 6.07) is 12.8. The lowest BCUT2D eigenvalue weighted by molar-refractivity contribution is 0.0851. The molecule has 1 saturated heterocycles. The molecule has 204 valence electrons. The van der Waals surface area contributed by atoms with Crippen molar-refractivity contribution in [2.24, 2.45) is 11.1 Å². The number of nitrogens with two attached hydrogens (primary N) is 1. The van der Waals surface area contributed by atoms with Crippen molar-refractivity contribution in [3.63, 3.8) is 0 Å². The number of benzene rings is 2. The van der Waals surface area contributed by atoms with Gasteiger partial charge in [-0.15, -0.1) is 0 Å². The van der Waals surface area contributed by atoms with Gasteiger partial charge < -0.3 is 20.1 Å². The topological polar surface area (TPSA) is 67.4 Å². The van der Waals surface area contributed by atoms with E-state index in [9.17, 15) is 13.6 Å². The Bertz CT molecular complexity index is 1220. The van der Waals surface area contributed by atoms with E-state index in [2.05, 4.69) is 20.8 Å². The van der Waals surface area contributed by atoms with Gasteiger partial charge in [-0.2, -0.15) is 11.8 Å². The molecule has 0 bridgehead atoms. The van der Waals surface area contributed by atoms with Crippen molar-refractivity contribution >= 4 is 17.8 Å². The number of thioether (sulfide) groups is 1. The van der Waals surface area contributed by atoms with Crippen LogP contribution in [-0.4, -0.2) is 63.1 Å². The first kappa shape index (κ1) is 28.1. The minimum atomic E-state index is -0.545. The zero-order chi connectivity index (χ0) is 27.3.